The van der Waals surface area contributed by atoms with Crippen LogP contribution in [-0.4, -0.2) is 52.0 Å². The van der Waals surface area contributed by atoms with E-state index in [0.29, 0.717) is 15.1 Å². The van der Waals surface area contributed by atoms with Crippen LogP contribution in [0.5, 0.6) is 5.75 Å². The van der Waals surface area contributed by atoms with Gasteiger partial charge in [0.1, 0.15) is 16.2 Å². The first-order chi connectivity index (χ1) is 15.0. The standard InChI is InChI=1S/C21H25N3O5S3/c1-14-9-11-16(12-10-14)32(27,28)22-19(25)24(26)18-21(2,3)31-20(30)23(18)13-15-7-5-6-8-17(15)29-4/h5-12,18,26H,13H2,1-4H3,(H,22,25)/t18-/m1/s1. The third-order valence-electron chi connectivity index (χ3n) is 5.03. The minimum absolute atomic E-state index is 0.0775. The van der Waals surface area contributed by atoms with Crippen molar-refractivity contribution in [2.45, 2.75) is 43.1 Å². The number of thioether (sulfide) groups is 1. The van der Waals surface area contributed by atoms with Gasteiger partial charge in [-0.15, -0.1) is 0 Å². The smallest absolute Gasteiger partial charge is 0.357 e. The molecule has 2 aromatic rings. The Balaban J connectivity index is 1.86. The fourth-order valence-electron chi connectivity index (χ4n) is 3.46. The maximum atomic E-state index is 12.8. The third kappa shape index (κ3) is 5.01. The number of benzene rings is 2. The fourth-order valence-corrected chi connectivity index (χ4v) is 6.26. The Hall–Kier alpha value is -2.34. The Morgan fingerprint density at radius 1 is 1.25 bits per heavy atom. The highest BCUT2D eigenvalue weighted by Gasteiger charge is 2.49. The number of methoxy groups -OCH3 is 1. The van der Waals surface area contributed by atoms with Crippen molar-refractivity contribution in [3.8, 4) is 5.75 Å². The van der Waals surface area contributed by atoms with Crippen LogP contribution in [0.3, 0.4) is 0 Å². The third-order valence-corrected chi connectivity index (χ3v) is 7.99. The molecule has 2 N–H and O–H groups in total. The van der Waals surface area contributed by atoms with E-state index >= 15 is 0 Å². The number of nitrogens with one attached hydrogen (secondary N) is 1. The molecule has 0 aromatic heterocycles. The Morgan fingerprint density at radius 3 is 2.50 bits per heavy atom. The van der Waals surface area contributed by atoms with E-state index in [9.17, 15) is 18.4 Å². The number of hydrogen-bond donors (Lipinski definition) is 2. The monoisotopic (exact) mass is 495 g/mol. The summed E-state index contributed by atoms with van der Waals surface area (Å²) in [4.78, 5) is 14.4. The Kier molecular flexibility index (Phi) is 7.03. The Labute approximate surface area is 197 Å². The van der Waals surface area contributed by atoms with Crippen molar-refractivity contribution in [3.05, 3.63) is 59.7 Å². The summed E-state index contributed by atoms with van der Waals surface area (Å²) >= 11 is 6.83. The number of urea groups is 1. The van der Waals surface area contributed by atoms with E-state index in [4.69, 9.17) is 17.0 Å². The molecule has 1 saturated heterocycles. The molecule has 8 nitrogen and oxygen atoms in total. The number of carbonyl (C=O) groups excluding carboxylic acids is 1. The summed E-state index contributed by atoms with van der Waals surface area (Å²) in [5.74, 6) is 0.639. The number of thiocarbonyl (C=S) groups is 1. The van der Waals surface area contributed by atoms with Crippen molar-refractivity contribution in [1.29, 1.82) is 0 Å². The number of carbonyl (C=O) groups is 1. The zero-order valence-electron chi connectivity index (χ0n) is 18.1. The van der Waals surface area contributed by atoms with E-state index in [1.54, 1.807) is 30.2 Å². The van der Waals surface area contributed by atoms with Gasteiger partial charge in [-0.25, -0.2) is 17.9 Å². The van der Waals surface area contributed by atoms with Crippen molar-refractivity contribution in [1.82, 2.24) is 14.7 Å². The van der Waals surface area contributed by atoms with E-state index in [1.807, 2.05) is 43.7 Å². The number of nitrogens with zero attached hydrogens (tertiary/aromatic N) is 2. The van der Waals surface area contributed by atoms with Crippen molar-refractivity contribution in [2.75, 3.05) is 7.11 Å². The van der Waals surface area contributed by atoms with Crippen LogP contribution in [0.2, 0.25) is 0 Å². The van der Waals surface area contributed by atoms with Crippen LogP contribution in [0, 0.1) is 6.92 Å². The van der Waals surface area contributed by atoms with Crippen LogP contribution in [0.4, 0.5) is 4.79 Å². The first kappa shape index (κ1) is 24.3. The number of hydrogen-bond acceptors (Lipinski definition) is 7. The summed E-state index contributed by atoms with van der Waals surface area (Å²) < 4.78 is 32.3. The predicted molar refractivity (Wildman–Crippen MR) is 127 cm³/mol. The van der Waals surface area contributed by atoms with Gasteiger partial charge in [-0.05, 0) is 39.0 Å². The molecule has 1 atom stereocenters. The van der Waals surface area contributed by atoms with Gasteiger partial charge >= 0.3 is 6.03 Å². The topological polar surface area (TPSA) is 99.2 Å². The van der Waals surface area contributed by atoms with E-state index in [1.165, 1.54) is 23.9 Å². The summed E-state index contributed by atoms with van der Waals surface area (Å²) in [6.45, 7) is 5.73. The van der Waals surface area contributed by atoms with Crippen molar-refractivity contribution in [2.24, 2.45) is 0 Å². The van der Waals surface area contributed by atoms with Gasteiger partial charge in [0.2, 0.25) is 0 Å². The quantitative estimate of drug-likeness (QED) is 0.355. The first-order valence-electron chi connectivity index (χ1n) is 9.69. The second-order valence-electron chi connectivity index (χ2n) is 7.85. The summed E-state index contributed by atoms with van der Waals surface area (Å²) in [6.07, 6.45) is -0.918. The van der Waals surface area contributed by atoms with Gasteiger partial charge in [0.25, 0.3) is 10.0 Å². The summed E-state index contributed by atoms with van der Waals surface area (Å²) in [5, 5.41) is 11.2. The molecule has 1 heterocycles. The van der Waals surface area contributed by atoms with Crippen LogP contribution in [-0.2, 0) is 16.6 Å². The largest absolute Gasteiger partial charge is 0.496 e. The molecule has 0 unspecified atom stereocenters. The molecule has 32 heavy (non-hydrogen) atoms. The normalized spacial score (nSPS) is 17.8. The molecule has 172 valence electrons. The number of para-hydroxylation sites is 1. The number of hydroxylamine groups is 2. The van der Waals surface area contributed by atoms with Crippen LogP contribution in [0.1, 0.15) is 25.0 Å². The van der Waals surface area contributed by atoms with Crippen LogP contribution in [0.25, 0.3) is 0 Å². The lowest BCUT2D eigenvalue weighted by molar-refractivity contribution is -0.118. The number of ether oxygens (including phenoxy) is 1. The molecule has 1 aliphatic heterocycles. The zero-order chi connectivity index (χ0) is 23.7. The lowest BCUT2D eigenvalue weighted by Crippen LogP contribution is -2.57. The highest BCUT2D eigenvalue weighted by Crippen LogP contribution is 2.43. The van der Waals surface area contributed by atoms with Gasteiger partial charge in [-0.1, -0.05) is 59.9 Å². The Bertz CT molecular complexity index is 1120. The molecule has 3 rings (SSSR count). The number of sulfonamides is 1. The zero-order valence-corrected chi connectivity index (χ0v) is 20.6. The average molecular weight is 496 g/mol. The molecule has 2 aromatic carbocycles. The first-order valence-corrected chi connectivity index (χ1v) is 12.4. The molecule has 0 aliphatic carbocycles. The van der Waals surface area contributed by atoms with E-state index < -0.39 is 27.0 Å². The summed E-state index contributed by atoms with van der Waals surface area (Å²) in [5.41, 5.74) is 1.69. The summed E-state index contributed by atoms with van der Waals surface area (Å²) in [7, 11) is -2.61. The van der Waals surface area contributed by atoms with Crippen LogP contribution < -0.4 is 9.46 Å². The van der Waals surface area contributed by atoms with Crippen LogP contribution in [0.15, 0.2) is 53.4 Å². The fraction of sp³-hybridized carbons (Fsp3) is 0.333. The lowest BCUT2D eigenvalue weighted by atomic mass is 10.1. The molecule has 0 bridgehead atoms. The lowest BCUT2D eigenvalue weighted by Gasteiger charge is -2.36. The molecule has 1 aliphatic rings. The molecule has 2 amide bonds. The van der Waals surface area contributed by atoms with Gasteiger partial charge in [0, 0.05) is 5.56 Å². The molecule has 11 heteroatoms. The van der Waals surface area contributed by atoms with Gasteiger partial charge in [-0.2, -0.15) is 5.06 Å². The number of rotatable bonds is 6. The number of aryl methyl sites for hydroxylation is 1. The number of amides is 2. The summed E-state index contributed by atoms with van der Waals surface area (Å²) in [6, 6.07) is 12.2. The molecular formula is C21H25N3O5S3. The molecule has 1 fully saturated rings. The van der Waals surface area contributed by atoms with Crippen LogP contribution >= 0.6 is 24.0 Å². The Morgan fingerprint density at radius 2 is 1.88 bits per heavy atom. The van der Waals surface area contributed by atoms with Crippen molar-refractivity contribution < 1.29 is 23.2 Å². The maximum absolute atomic E-state index is 12.8. The van der Waals surface area contributed by atoms with Gasteiger partial charge in [0.05, 0.1) is 23.3 Å². The van der Waals surface area contributed by atoms with E-state index in [-0.39, 0.29) is 11.4 Å². The predicted octanol–water partition coefficient (Wildman–Crippen LogP) is 3.73. The maximum Gasteiger partial charge on any atom is 0.357 e. The molecule has 0 radical (unpaired) electrons. The average Bonchev–Trinajstić information content (AvgIpc) is 2.95. The van der Waals surface area contributed by atoms with E-state index in [0.717, 1.165) is 11.1 Å². The SMILES string of the molecule is COc1ccccc1CN1C(=S)SC(C)(C)[C@H]1N(O)C(=O)NS(=O)(=O)c1ccc(C)cc1. The van der Waals surface area contributed by atoms with Gasteiger partial charge in [-0.3, -0.25) is 5.21 Å². The molecule has 0 saturated carbocycles. The van der Waals surface area contributed by atoms with Gasteiger partial charge < -0.3 is 9.64 Å². The second kappa shape index (κ2) is 9.26. The van der Waals surface area contributed by atoms with Gasteiger partial charge in [0.15, 0.2) is 0 Å². The molecule has 0 spiro atoms. The van der Waals surface area contributed by atoms with Crippen molar-refractivity contribution in [3.63, 3.8) is 0 Å². The van der Waals surface area contributed by atoms with Crippen molar-refractivity contribution >= 4 is 44.4 Å². The minimum Gasteiger partial charge on any atom is -0.496 e. The highest BCUT2D eigenvalue weighted by molar-refractivity contribution is 8.24. The molecular weight excluding hydrogens is 470 g/mol. The minimum atomic E-state index is -4.17. The highest BCUT2D eigenvalue weighted by atomic mass is 32.2. The van der Waals surface area contributed by atoms with E-state index in [2.05, 4.69) is 0 Å². The second-order valence-corrected chi connectivity index (χ2v) is 11.8.